The van der Waals surface area contributed by atoms with Crippen molar-refractivity contribution in [2.24, 2.45) is 10.2 Å². The summed E-state index contributed by atoms with van der Waals surface area (Å²) in [6.07, 6.45) is 3.40. The summed E-state index contributed by atoms with van der Waals surface area (Å²) < 4.78 is 0. The van der Waals surface area contributed by atoms with E-state index in [-0.39, 0.29) is 0 Å². The van der Waals surface area contributed by atoms with E-state index in [1.54, 1.807) is 12.4 Å². The summed E-state index contributed by atoms with van der Waals surface area (Å²) in [5.74, 6) is 0. The number of hydrogen-bond acceptors (Lipinski definition) is 4. The molecular weight excluding hydrogens is 224 g/mol. The van der Waals surface area contributed by atoms with Gasteiger partial charge in [-0.05, 0) is 49.7 Å². The zero-order valence-electron chi connectivity index (χ0n) is 10.6. The monoisotopic (exact) mass is 240 g/mol. The van der Waals surface area contributed by atoms with Crippen LogP contribution >= 0.6 is 0 Å². The van der Waals surface area contributed by atoms with Crippen LogP contribution in [0.4, 0.5) is 17.1 Å². The maximum Gasteiger partial charge on any atom is 0.104 e. The summed E-state index contributed by atoms with van der Waals surface area (Å²) in [7, 11) is 0. The molecule has 0 saturated carbocycles. The summed E-state index contributed by atoms with van der Waals surface area (Å²) >= 11 is 0. The Bertz CT molecular complexity index is 535. The minimum atomic E-state index is 0.757. The highest BCUT2D eigenvalue weighted by molar-refractivity contribution is 5.56. The van der Waals surface area contributed by atoms with Gasteiger partial charge in [-0.2, -0.15) is 5.11 Å². The molecule has 0 aliphatic carbocycles. The first-order chi connectivity index (χ1) is 8.79. The predicted molar refractivity (Wildman–Crippen MR) is 73.8 cm³/mol. The van der Waals surface area contributed by atoms with Gasteiger partial charge in [0.05, 0.1) is 11.9 Å². The molecule has 0 spiro atoms. The quantitative estimate of drug-likeness (QED) is 0.813. The van der Waals surface area contributed by atoms with Gasteiger partial charge in [0.2, 0.25) is 0 Å². The normalized spacial score (nSPS) is 10.8. The number of nitrogens with zero attached hydrogens (tertiary/aromatic N) is 3. The molecule has 1 aromatic heterocycles. The molecule has 18 heavy (non-hydrogen) atoms. The second-order valence-corrected chi connectivity index (χ2v) is 3.94. The second-order valence-electron chi connectivity index (χ2n) is 3.94. The van der Waals surface area contributed by atoms with Crippen molar-refractivity contribution in [2.45, 2.75) is 13.8 Å². The standard InChI is InChI=1S/C14H16N4/c1-3-16-12-6-7-14(11(2)9-12)18-17-13-5-4-8-15-10-13/h4-10,16H,3H2,1-2H3. The second kappa shape index (κ2) is 5.91. The summed E-state index contributed by atoms with van der Waals surface area (Å²) in [4.78, 5) is 3.99. The van der Waals surface area contributed by atoms with Crippen LogP contribution in [-0.2, 0) is 0 Å². The Morgan fingerprint density at radius 1 is 1.22 bits per heavy atom. The number of aromatic nitrogens is 1. The molecule has 0 aliphatic heterocycles. The zero-order valence-corrected chi connectivity index (χ0v) is 10.6. The van der Waals surface area contributed by atoms with Gasteiger partial charge < -0.3 is 5.32 Å². The molecule has 0 atom stereocenters. The van der Waals surface area contributed by atoms with Crippen LogP contribution in [0.25, 0.3) is 0 Å². The van der Waals surface area contributed by atoms with Crippen LogP contribution in [-0.4, -0.2) is 11.5 Å². The SMILES string of the molecule is CCNc1ccc(N=Nc2cccnc2)c(C)c1. The topological polar surface area (TPSA) is 49.6 Å². The Labute approximate surface area is 107 Å². The van der Waals surface area contributed by atoms with Gasteiger partial charge in [-0.3, -0.25) is 4.98 Å². The highest BCUT2D eigenvalue weighted by atomic mass is 15.1. The first-order valence-corrected chi connectivity index (χ1v) is 5.96. The lowest BCUT2D eigenvalue weighted by Crippen LogP contribution is -1.95. The first kappa shape index (κ1) is 12.2. The van der Waals surface area contributed by atoms with Gasteiger partial charge in [0, 0.05) is 18.4 Å². The van der Waals surface area contributed by atoms with Crippen molar-refractivity contribution in [3.05, 3.63) is 48.3 Å². The average Bonchev–Trinajstić information content (AvgIpc) is 2.39. The van der Waals surface area contributed by atoms with E-state index < -0.39 is 0 Å². The number of hydrogen-bond donors (Lipinski definition) is 1. The maximum atomic E-state index is 4.23. The van der Waals surface area contributed by atoms with Crippen LogP contribution in [0.2, 0.25) is 0 Å². The van der Waals surface area contributed by atoms with Crippen molar-refractivity contribution >= 4 is 17.1 Å². The summed E-state index contributed by atoms with van der Waals surface area (Å²) in [5.41, 5.74) is 3.84. The van der Waals surface area contributed by atoms with Crippen molar-refractivity contribution < 1.29 is 0 Å². The first-order valence-electron chi connectivity index (χ1n) is 5.96. The minimum Gasteiger partial charge on any atom is -0.385 e. The fourth-order valence-electron chi connectivity index (χ4n) is 1.61. The Morgan fingerprint density at radius 2 is 2.11 bits per heavy atom. The zero-order chi connectivity index (χ0) is 12.8. The van der Waals surface area contributed by atoms with E-state index in [0.29, 0.717) is 0 Å². The molecule has 0 aliphatic rings. The molecular formula is C14H16N4. The molecule has 0 fully saturated rings. The van der Waals surface area contributed by atoms with Crippen LogP contribution in [0, 0.1) is 6.92 Å². The third-order valence-corrected chi connectivity index (χ3v) is 2.50. The third kappa shape index (κ3) is 3.13. The van der Waals surface area contributed by atoms with E-state index in [1.807, 2.05) is 31.2 Å². The number of azo groups is 1. The molecule has 2 rings (SSSR count). The van der Waals surface area contributed by atoms with Gasteiger partial charge >= 0.3 is 0 Å². The fraction of sp³-hybridized carbons (Fsp3) is 0.214. The Morgan fingerprint density at radius 3 is 2.78 bits per heavy atom. The summed E-state index contributed by atoms with van der Waals surface area (Å²) in [6.45, 7) is 5.01. The van der Waals surface area contributed by atoms with Gasteiger partial charge in [0.25, 0.3) is 0 Å². The molecule has 0 unspecified atom stereocenters. The van der Waals surface area contributed by atoms with Gasteiger partial charge in [0.15, 0.2) is 0 Å². The lowest BCUT2D eigenvalue weighted by molar-refractivity contribution is 1.17. The van der Waals surface area contributed by atoms with Crippen molar-refractivity contribution in [3.63, 3.8) is 0 Å². The van der Waals surface area contributed by atoms with Crippen LogP contribution in [0.5, 0.6) is 0 Å². The van der Waals surface area contributed by atoms with Gasteiger partial charge in [0.1, 0.15) is 5.69 Å². The largest absolute Gasteiger partial charge is 0.385 e. The molecule has 1 heterocycles. The van der Waals surface area contributed by atoms with E-state index in [2.05, 4.69) is 33.5 Å². The number of benzene rings is 1. The molecule has 0 saturated heterocycles. The highest BCUT2D eigenvalue weighted by Crippen LogP contribution is 2.24. The Balaban J connectivity index is 2.17. The lowest BCUT2D eigenvalue weighted by Gasteiger charge is -2.05. The van der Waals surface area contributed by atoms with Crippen LogP contribution < -0.4 is 5.32 Å². The molecule has 4 nitrogen and oxygen atoms in total. The summed E-state index contributed by atoms with van der Waals surface area (Å²) in [5, 5.41) is 11.7. The van der Waals surface area contributed by atoms with Crippen molar-refractivity contribution in [3.8, 4) is 0 Å². The molecule has 0 radical (unpaired) electrons. The van der Waals surface area contributed by atoms with Crippen LogP contribution in [0.3, 0.4) is 0 Å². The van der Waals surface area contributed by atoms with Gasteiger partial charge in [-0.1, -0.05) is 0 Å². The molecule has 0 amide bonds. The van der Waals surface area contributed by atoms with Gasteiger partial charge in [-0.15, -0.1) is 5.11 Å². The van der Waals surface area contributed by atoms with Crippen LogP contribution in [0.15, 0.2) is 53.0 Å². The molecule has 2 aromatic rings. The van der Waals surface area contributed by atoms with E-state index >= 15 is 0 Å². The van der Waals surface area contributed by atoms with E-state index in [0.717, 1.165) is 29.2 Å². The lowest BCUT2D eigenvalue weighted by atomic mass is 10.2. The van der Waals surface area contributed by atoms with E-state index in [4.69, 9.17) is 0 Å². The number of anilines is 1. The summed E-state index contributed by atoms with van der Waals surface area (Å²) in [6, 6.07) is 9.76. The minimum absolute atomic E-state index is 0.757. The molecule has 4 heteroatoms. The highest BCUT2D eigenvalue weighted by Gasteiger charge is 1.98. The Kier molecular flexibility index (Phi) is 4.02. The number of pyridine rings is 1. The molecule has 92 valence electrons. The number of nitrogens with one attached hydrogen (secondary N) is 1. The fourth-order valence-corrected chi connectivity index (χ4v) is 1.61. The predicted octanol–water partition coefficient (Wildman–Crippen LogP) is 4.24. The maximum absolute atomic E-state index is 4.23. The molecule has 1 N–H and O–H groups in total. The van der Waals surface area contributed by atoms with E-state index in [1.165, 1.54) is 0 Å². The molecule has 0 bridgehead atoms. The van der Waals surface area contributed by atoms with Crippen molar-refractivity contribution in [2.75, 3.05) is 11.9 Å². The van der Waals surface area contributed by atoms with Crippen molar-refractivity contribution in [1.82, 2.24) is 4.98 Å². The van der Waals surface area contributed by atoms with Crippen LogP contribution in [0.1, 0.15) is 12.5 Å². The number of rotatable bonds is 4. The third-order valence-electron chi connectivity index (χ3n) is 2.50. The van der Waals surface area contributed by atoms with E-state index in [9.17, 15) is 0 Å². The number of aryl methyl sites for hydroxylation is 1. The average molecular weight is 240 g/mol. The Hall–Kier alpha value is -2.23. The van der Waals surface area contributed by atoms with Crippen molar-refractivity contribution in [1.29, 1.82) is 0 Å². The smallest absolute Gasteiger partial charge is 0.104 e. The van der Waals surface area contributed by atoms with Gasteiger partial charge in [-0.25, -0.2) is 0 Å². The molecule has 1 aromatic carbocycles.